The highest BCUT2D eigenvalue weighted by molar-refractivity contribution is 7.98. The van der Waals surface area contributed by atoms with Crippen molar-refractivity contribution in [2.75, 3.05) is 18.2 Å². The zero-order valence-corrected chi connectivity index (χ0v) is 11.1. The summed E-state index contributed by atoms with van der Waals surface area (Å²) in [6.07, 6.45) is 3.57. The second kappa shape index (κ2) is 5.42. The number of furan rings is 1. The zero-order chi connectivity index (χ0) is 12.3. The zero-order valence-electron chi connectivity index (χ0n) is 9.55. The van der Waals surface area contributed by atoms with E-state index < -0.39 is 0 Å². The summed E-state index contributed by atoms with van der Waals surface area (Å²) in [5.74, 6) is 1.67. The SMILES string of the molecule is CSc1nc(Cl)cc(N(C)Cc2ccco2)n1. The molecule has 0 aliphatic rings. The molecule has 0 aliphatic carbocycles. The molecule has 6 heteroatoms. The Morgan fingerprint density at radius 3 is 2.94 bits per heavy atom. The molecular formula is C11H12ClN3OS. The summed E-state index contributed by atoms with van der Waals surface area (Å²) in [4.78, 5) is 10.4. The molecule has 0 saturated heterocycles. The summed E-state index contributed by atoms with van der Waals surface area (Å²) >= 11 is 7.41. The largest absolute Gasteiger partial charge is 0.467 e. The second-order valence-corrected chi connectivity index (χ2v) is 4.63. The first kappa shape index (κ1) is 12.3. The Morgan fingerprint density at radius 2 is 2.29 bits per heavy atom. The van der Waals surface area contributed by atoms with Gasteiger partial charge in [0.1, 0.15) is 16.7 Å². The molecule has 0 radical (unpaired) electrons. The van der Waals surface area contributed by atoms with Crippen molar-refractivity contribution in [1.82, 2.24) is 9.97 Å². The number of hydrogen-bond donors (Lipinski definition) is 0. The lowest BCUT2D eigenvalue weighted by Crippen LogP contribution is -2.17. The third kappa shape index (κ3) is 3.14. The molecule has 2 heterocycles. The van der Waals surface area contributed by atoms with Gasteiger partial charge in [0.25, 0.3) is 0 Å². The molecule has 0 aromatic carbocycles. The smallest absolute Gasteiger partial charge is 0.190 e. The average molecular weight is 270 g/mol. The van der Waals surface area contributed by atoms with E-state index in [0.29, 0.717) is 16.9 Å². The lowest BCUT2D eigenvalue weighted by atomic mass is 10.4. The third-order valence-electron chi connectivity index (χ3n) is 2.21. The molecule has 0 spiro atoms. The van der Waals surface area contributed by atoms with Gasteiger partial charge in [-0.2, -0.15) is 0 Å². The molecule has 2 aromatic heterocycles. The van der Waals surface area contributed by atoms with Gasteiger partial charge in [-0.05, 0) is 18.4 Å². The van der Waals surface area contributed by atoms with E-state index in [4.69, 9.17) is 16.0 Å². The lowest BCUT2D eigenvalue weighted by molar-refractivity contribution is 0.506. The first-order chi connectivity index (χ1) is 8.19. The van der Waals surface area contributed by atoms with Gasteiger partial charge in [0.05, 0.1) is 12.8 Å². The Morgan fingerprint density at radius 1 is 1.47 bits per heavy atom. The van der Waals surface area contributed by atoms with Crippen LogP contribution in [0.5, 0.6) is 0 Å². The van der Waals surface area contributed by atoms with Crippen LogP contribution in [0.2, 0.25) is 5.15 Å². The first-order valence-corrected chi connectivity index (χ1v) is 6.61. The van der Waals surface area contributed by atoms with Crippen molar-refractivity contribution < 1.29 is 4.42 Å². The minimum absolute atomic E-state index is 0.450. The van der Waals surface area contributed by atoms with Gasteiger partial charge in [-0.1, -0.05) is 23.4 Å². The minimum Gasteiger partial charge on any atom is -0.467 e. The van der Waals surface area contributed by atoms with Gasteiger partial charge in [0.2, 0.25) is 0 Å². The number of anilines is 1. The maximum atomic E-state index is 5.94. The van der Waals surface area contributed by atoms with E-state index in [1.165, 1.54) is 11.8 Å². The van der Waals surface area contributed by atoms with E-state index in [1.807, 2.05) is 30.3 Å². The quantitative estimate of drug-likeness (QED) is 0.485. The van der Waals surface area contributed by atoms with Crippen LogP contribution in [0.4, 0.5) is 5.82 Å². The second-order valence-electron chi connectivity index (χ2n) is 3.47. The van der Waals surface area contributed by atoms with Crippen molar-refractivity contribution in [3.63, 3.8) is 0 Å². The van der Waals surface area contributed by atoms with Crippen LogP contribution in [0, 0.1) is 0 Å². The van der Waals surface area contributed by atoms with Crippen molar-refractivity contribution in [1.29, 1.82) is 0 Å². The average Bonchev–Trinajstić information content (AvgIpc) is 2.81. The lowest BCUT2D eigenvalue weighted by Gasteiger charge is -2.17. The van der Waals surface area contributed by atoms with Crippen LogP contribution in [-0.4, -0.2) is 23.3 Å². The molecule has 0 aliphatic heterocycles. The van der Waals surface area contributed by atoms with E-state index in [9.17, 15) is 0 Å². The predicted octanol–water partition coefficient (Wildman–Crippen LogP) is 3.08. The normalized spacial score (nSPS) is 10.5. The van der Waals surface area contributed by atoms with Crippen LogP contribution in [0.15, 0.2) is 34.0 Å². The standard InChI is InChI=1S/C11H12ClN3OS/c1-15(7-8-4-3-5-16-8)10-6-9(12)13-11(14-10)17-2/h3-6H,7H2,1-2H3. The van der Waals surface area contributed by atoms with Crippen LogP contribution < -0.4 is 4.90 Å². The highest BCUT2D eigenvalue weighted by Crippen LogP contribution is 2.20. The van der Waals surface area contributed by atoms with Crippen molar-refractivity contribution >= 4 is 29.2 Å². The molecule has 4 nitrogen and oxygen atoms in total. The van der Waals surface area contributed by atoms with Crippen LogP contribution in [0.25, 0.3) is 0 Å². The Kier molecular flexibility index (Phi) is 3.91. The Balaban J connectivity index is 2.18. The fourth-order valence-electron chi connectivity index (χ4n) is 1.39. The van der Waals surface area contributed by atoms with Crippen LogP contribution >= 0.6 is 23.4 Å². The fourth-order valence-corrected chi connectivity index (χ4v) is 1.99. The minimum atomic E-state index is 0.450. The number of halogens is 1. The maximum absolute atomic E-state index is 5.94. The summed E-state index contributed by atoms with van der Waals surface area (Å²) in [6.45, 7) is 0.647. The third-order valence-corrected chi connectivity index (χ3v) is 2.95. The molecule has 17 heavy (non-hydrogen) atoms. The first-order valence-electron chi connectivity index (χ1n) is 5.01. The highest BCUT2D eigenvalue weighted by atomic mass is 35.5. The Hall–Kier alpha value is -1.20. The molecule has 0 N–H and O–H groups in total. The van der Waals surface area contributed by atoms with Crippen LogP contribution in [-0.2, 0) is 6.54 Å². The predicted molar refractivity (Wildman–Crippen MR) is 69.6 cm³/mol. The van der Waals surface area contributed by atoms with Gasteiger partial charge >= 0.3 is 0 Å². The molecule has 0 bridgehead atoms. The van der Waals surface area contributed by atoms with E-state index in [-0.39, 0.29) is 0 Å². The summed E-state index contributed by atoms with van der Waals surface area (Å²) < 4.78 is 5.29. The fraction of sp³-hybridized carbons (Fsp3) is 0.273. The number of aromatic nitrogens is 2. The van der Waals surface area contributed by atoms with Crippen LogP contribution in [0.1, 0.15) is 5.76 Å². The van der Waals surface area contributed by atoms with Crippen molar-refractivity contribution in [2.45, 2.75) is 11.7 Å². The van der Waals surface area contributed by atoms with Gasteiger partial charge in [-0.25, -0.2) is 9.97 Å². The summed E-state index contributed by atoms with van der Waals surface area (Å²) in [5, 5.41) is 1.12. The number of rotatable bonds is 4. The van der Waals surface area contributed by atoms with E-state index >= 15 is 0 Å². The van der Waals surface area contributed by atoms with Crippen LogP contribution in [0.3, 0.4) is 0 Å². The molecule has 90 valence electrons. The molecule has 0 atom stereocenters. The molecule has 2 aromatic rings. The molecular weight excluding hydrogens is 258 g/mol. The van der Waals surface area contributed by atoms with Gasteiger partial charge in [-0.3, -0.25) is 0 Å². The summed E-state index contributed by atoms with van der Waals surface area (Å²) in [7, 11) is 1.94. The molecule has 0 amide bonds. The highest BCUT2D eigenvalue weighted by Gasteiger charge is 2.08. The topological polar surface area (TPSA) is 42.2 Å². The molecule has 2 rings (SSSR count). The van der Waals surface area contributed by atoms with E-state index in [1.54, 1.807) is 12.3 Å². The van der Waals surface area contributed by atoms with Gasteiger partial charge < -0.3 is 9.32 Å². The maximum Gasteiger partial charge on any atom is 0.190 e. The van der Waals surface area contributed by atoms with Gasteiger partial charge in [0, 0.05) is 13.1 Å². The molecule has 0 saturated carbocycles. The Bertz CT molecular complexity index is 489. The number of nitrogens with zero attached hydrogens (tertiary/aromatic N) is 3. The van der Waals surface area contributed by atoms with E-state index in [2.05, 4.69) is 9.97 Å². The monoisotopic (exact) mass is 269 g/mol. The van der Waals surface area contributed by atoms with Gasteiger partial charge in [0.15, 0.2) is 5.16 Å². The summed E-state index contributed by atoms with van der Waals surface area (Å²) in [5.41, 5.74) is 0. The van der Waals surface area contributed by atoms with Crippen molar-refractivity contribution in [2.24, 2.45) is 0 Å². The van der Waals surface area contributed by atoms with Crippen molar-refractivity contribution in [3.05, 3.63) is 35.4 Å². The number of thioether (sulfide) groups is 1. The van der Waals surface area contributed by atoms with Gasteiger partial charge in [-0.15, -0.1) is 0 Å². The molecule has 0 unspecified atom stereocenters. The van der Waals surface area contributed by atoms with Crippen molar-refractivity contribution in [3.8, 4) is 0 Å². The Labute approximate surface area is 109 Å². The summed E-state index contributed by atoms with van der Waals surface area (Å²) in [6, 6.07) is 5.53. The molecule has 0 fully saturated rings. The van der Waals surface area contributed by atoms with E-state index in [0.717, 1.165) is 11.6 Å². The number of hydrogen-bond acceptors (Lipinski definition) is 5.